The Bertz CT molecular complexity index is 1410. The zero-order chi connectivity index (χ0) is 23.1. The number of hydrogen-bond acceptors (Lipinski definition) is 7. The van der Waals surface area contributed by atoms with Crippen LogP contribution in [0.4, 0.5) is 5.13 Å². The monoisotopic (exact) mass is 476 g/mol. The number of aromatic nitrogens is 1. The van der Waals surface area contributed by atoms with Gasteiger partial charge in [0.1, 0.15) is 5.75 Å². The fourth-order valence-corrected chi connectivity index (χ4v) is 5.72. The van der Waals surface area contributed by atoms with Crippen LogP contribution in [0.15, 0.2) is 71.3 Å². The third-order valence-electron chi connectivity index (χ3n) is 5.66. The molecule has 3 heterocycles. The Kier molecular flexibility index (Phi) is 5.47. The van der Waals surface area contributed by atoms with Gasteiger partial charge >= 0.3 is 0 Å². The molecule has 1 aliphatic rings. The molecule has 2 aromatic heterocycles. The standard InChI is InChI=1S/C25H20N2O4S2/c1-3-14-9-10-17-19(12-14)33-25(26-17)27-21(15-6-4-7-16(13-15)31-2)20(23(29)24(27)30)22(28)18-8-5-11-32-18/h4-13,21,29H,3H2,1-2H3/t21-/m0/s1. The number of rotatable bonds is 6. The minimum Gasteiger partial charge on any atom is -0.503 e. The molecule has 4 aromatic rings. The van der Waals surface area contributed by atoms with E-state index in [4.69, 9.17) is 4.74 Å². The minimum atomic E-state index is -0.826. The largest absolute Gasteiger partial charge is 0.503 e. The molecule has 0 bridgehead atoms. The highest BCUT2D eigenvalue weighted by molar-refractivity contribution is 7.22. The second-order valence-electron chi connectivity index (χ2n) is 7.58. The van der Waals surface area contributed by atoms with Gasteiger partial charge in [0.15, 0.2) is 10.9 Å². The molecule has 1 atom stereocenters. The Balaban J connectivity index is 1.68. The van der Waals surface area contributed by atoms with Crippen molar-refractivity contribution >= 4 is 49.7 Å². The molecule has 0 radical (unpaired) electrons. The lowest BCUT2D eigenvalue weighted by molar-refractivity contribution is -0.117. The average Bonchev–Trinajstić information content (AvgIpc) is 3.57. The molecular weight excluding hydrogens is 456 g/mol. The quantitative estimate of drug-likeness (QED) is 0.361. The number of carbonyl (C=O) groups is 2. The lowest BCUT2D eigenvalue weighted by Crippen LogP contribution is -2.30. The molecule has 0 aliphatic carbocycles. The number of ketones is 1. The Morgan fingerprint density at radius 3 is 2.76 bits per heavy atom. The molecule has 166 valence electrons. The number of aryl methyl sites for hydroxylation is 1. The van der Waals surface area contributed by atoms with Gasteiger partial charge in [0.25, 0.3) is 5.91 Å². The first kappa shape index (κ1) is 21.4. The Morgan fingerprint density at radius 1 is 1.18 bits per heavy atom. The third kappa shape index (κ3) is 3.61. The maximum absolute atomic E-state index is 13.4. The first-order chi connectivity index (χ1) is 16.0. The summed E-state index contributed by atoms with van der Waals surface area (Å²) in [6.45, 7) is 2.08. The SMILES string of the molecule is CCc1ccc2nc(N3C(=O)C(O)=C(C(=O)c4cccs4)[C@@H]3c3cccc(OC)c3)sc2c1. The van der Waals surface area contributed by atoms with E-state index in [-0.39, 0.29) is 11.4 Å². The predicted molar refractivity (Wildman–Crippen MR) is 131 cm³/mol. The molecule has 6 nitrogen and oxygen atoms in total. The molecule has 0 spiro atoms. The van der Waals surface area contributed by atoms with E-state index in [1.54, 1.807) is 42.8 Å². The molecule has 1 N–H and O–H groups in total. The number of carbonyl (C=O) groups excluding carboxylic acids is 2. The van der Waals surface area contributed by atoms with Crippen LogP contribution in [0.25, 0.3) is 10.2 Å². The molecule has 8 heteroatoms. The zero-order valence-electron chi connectivity index (χ0n) is 17.9. The second kappa shape index (κ2) is 8.46. The zero-order valence-corrected chi connectivity index (χ0v) is 19.6. The number of thiazole rings is 1. The van der Waals surface area contributed by atoms with Crippen LogP contribution in [-0.4, -0.2) is 28.9 Å². The van der Waals surface area contributed by atoms with Crippen molar-refractivity contribution in [3.8, 4) is 5.75 Å². The second-order valence-corrected chi connectivity index (χ2v) is 9.53. The Labute approximate surface area is 198 Å². The fraction of sp³-hybridized carbons (Fsp3) is 0.160. The number of methoxy groups -OCH3 is 1. The maximum atomic E-state index is 13.4. The number of nitrogens with zero attached hydrogens (tertiary/aromatic N) is 2. The molecule has 0 saturated carbocycles. The molecule has 1 amide bonds. The van der Waals surface area contributed by atoms with E-state index in [9.17, 15) is 14.7 Å². The summed E-state index contributed by atoms with van der Waals surface area (Å²) in [6, 6.07) is 15.8. The molecule has 0 saturated heterocycles. The molecule has 33 heavy (non-hydrogen) atoms. The van der Waals surface area contributed by atoms with Gasteiger partial charge in [-0.15, -0.1) is 11.3 Å². The molecule has 5 rings (SSSR count). The van der Waals surface area contributed by atoms with Crippen LogP contribution < -0.4 is 9.64 Å². The van der Waals surface area contributed by atoms with Crippen molar-refractivity contribution in [2.75, 3.05) is 12.0 Å². The van der Waals surface area contributed by atoms with Crippen LogP contribution in [0.3, 0.4) is 0 Å². The van der Waals surface area contributed by atoms with Gasteiger partial charge < -0.3 is 9.84 Å². The number of aliphatic hydroxyl groups excluding tert-OH is 1. The first-order valence-corrected chi connectivity index (χ1v) is 12.1. The summed E-state index contributed by atoms with van der Waals surface area (Å²) in [5, 5.41) is 13.1. The van der Waals surface area contributed by atoms with Gasteiger partial charge in [-0.05, 0) is 53.3 Å². The number of thiophene rings is 1. The molecule has 0 fully saturated rings. The van der Waals surface area contributed by atoms with E-state index in [0.29, 0.717) is 21.3 Å². The third-order valence-corrected chi connectivity index (χ3v) is 7.55. The van der Waals surface area contributed by atoms with E-state index in [1.165, 1.54) is 33.1 Å². The van der Waals surface area contributed by atoms with E-state index in [2.05, 4.69) is 18.0 Å². The van der Waals surface area contributed by atoms with Crippen molar-refractivity contribution in [3.05, 3.63) is 87.3 Å². The van der Waals surface area contributed by atoms with Gasteiger partial charge in [0.05, 0.1) is 33.8 Å². The lowest BCUT2D eigenvalue weighted by Gasteiger charge is -2.24. The predicted octanol–water partition coefficient (Wildman–Crippen LogP) is 5.71. The lowest BCUT2D eigenvalue weighted by atomic mass is 9.95. The van der Waals surface area contributed by atoms with E-state index >= 15 is 0 Å². The summed E-state index contributed by atoms with van der Waals surface area (Å²) in [6.07, 6.45) is 0.889. The summed E-state index contributed by atoms with van der Waals surface area (Å²) in [5.74, 6) is -0.973. The van der Waals surface area contributed by atoms with Crippen molar-refractivity contribution < 1.29 is 19.4 Å². The number of Topliss-reactive ketones (excluding diaryl/α,β-unsaturated/α-hetero) is 1. The molecule has 1 aliphatic heterocycles. The van der Waals surface area contributed by atoms with Crippen molar-refractivity contribution in [2.45, 2.75) is 19.4 Å². The highest BCUT2D eigenvalue weighted by atomic mass is 32.1. The van der Waals surface area contributed by atoms with Crippen molar-refractivity contribution in [1.29, 1.82) is 0 Å². The number of amides is 1. The Morgan fingerprint density at radius 2 is 2.03 bits per heavy atom. The number of anilines is 1. The smallest absolute Gasteiger partial charge is 0.296 e. The topological polar surface area (TPSA) is 79.7 Å². The van der Waals surface area contributed by atoms with Gasteiger partial charge in [0, 0.05) is 0 Å². The van der Waals surface area contributed by atoms with E-state index in [1.807, 2.05) is 18.2 Å². The van der Waals surface area contributed by atoms with E-state index < -0.39 is 17.7 Å². The summed E-state index contributed by atoms with van der Waals surface area (Å²) in [4.78, 5) is 33.3. The number of fused-ring (bicyclic) bond motifs is 1. The van der Waals surface area contributed by atoms with Gasteiger partial charge in [-0.3, -0.25) is 14.5 Å². The number of ether oxygens (including phenoxy) is 1. The van der Waals surface area contributed by atoms with E-state index in [0.717, 1.165) is 16.6 Å². The van der Waals surface area contributed by atoms with Crippen LogP contribution >= 0.6 is 22.7 Å². The van der Waals surface area contributed by atoms with Crippen LogP contribution in [0.2, 0.25) is 0 Å². The maximum Gasteiger partial charge on any atom is 0.296 e. The van der Waals surface area contributed by atoms with Crippen molar-refractivity contribution in [1.82, 2.24) is 4.98 Å². The summed E-state index contributed by atoms with van der Waals surface area (Å²) >= 11 is 2.63. The summed E-state index contributed by atoms with van der Waals surface area (Å²) in [7, 11) is 1.56. The van der Waals surface area contributed by atoms with Gasteiger partial charge in [0.2, 0.25) is 5.78 Å². The normalized spacial score (nSPS) is 16.1. The Hall–Kier alpha value is -3.49. The molecule has 2 aromatic carbocycles. The number of aliphatic hydroxyl groups is 1. The number of benzene rings is 2. The van der Waals surface area contributed by atoms with Crippen molar-refractivity contribution in [3.63, 3.8) is 0 Å². The molecule has 0 unspecified atom stereocenters. The van der Waals surface area contributed by atoms with Crippen LogP contribution in [0, 0.1) is 0 Å². The van der Waals surface area contributed by atoms with Gasteiger partial charge in [-0.25, -0.2) is 4.98 Å². The first-order valence-electron chi connectivity index (χ1n) is 10.4. The fourth-order valence-electron chi connectivity index (χ4n) is 3.98. The van der Waals surface area contributed by atoms with Crippen LogP contribution in [0.1, 0.15) is 33.8 Å². The average molecular weight is 477 g/mol. The minimum absolute atomic E-state index is 0.0456. The van der Waals surface area contributed by atoms with Gasteiger partial charge in [-0.2, -0.15) is 0 Å². The number of hydrogen-bond donors (Lipinski definition) is 1. The highest BCUT2D eigenvalue weighted by Crippen LogP contribution is 2.45. The highest BCUT2D eigenvalue weighted by Gasteiger charge is 2.46. The van der Waals surface area contributed by atoms with Crippen LogP contribution in [-0.2, 0) is 11.2 Å². The van der Waals surface area contributed by atoms with Crippen molar-refractivity contribution in [2.24, 2.45) is 0 Å². The van der Waals surface area contributed by atoms with Gasteiger partial charge in [-0.1, -0.05) is 42.5 Å². The van der Waals surface area contributed by atoms with Crippen LogP contribution in [0.5, 0.6) is 5.75 Å². The summed E-state index contributed by atoms with van der Waals surface area (Å²) < 4.78 is 6.32. The summed E-state index contributed by atoms with van der Waals surface area (Å²) in [5.41, 5.74) is 2.63. The molecular formula is C25H20N2O4S2.